The van der Waals surface area contributed by atoms with Crippen LogP contribution in [0, 0.1) is 4.91 Å². The topological polar surface area (TPSA) is 111 Å². The Labute approximate surface area is 157 Å². The van der Waals surface area contributed by atoms with Crippen LogP contribution in [0.4, 0.5) is 5.69 Å². The molecule has 0 spiro atoms. The molecule has 27 heavy (non-hydrogen) atoms. The molecule has 0 radical (unpaired) electrons. The van der Waals surface area contributed by atoms with Gasteiger partial charge in [-0.15, -0.1) is 4.91 Å². The number of nitroso groups, excluding NO2 is 1. The molecule has 144 valence electrons. The number of carbonyl (C=O) groups excluding carboxylic acids is 1. The molecule has 0 aromatic heterocycles. The van der Waals surface area contributed by atoms with Crippen LogP contribution in [-0.2, 0) is 11.2 Å². The van der Waals surface area contributed by atoms with Crippen molar-refractivity contribution < 1.29 is 19.7 Å². The maximum Gasteiger partial charge on any atom is 0.211 e. The predicted molar refractivity (Wildman–Crippen MR) is 101 cm³/mol. The number of aliphatic hydroxyl groups excluding tert-OH is 1. The van der Waals surface area contributed by atoms with Gasteiger partial charge in [0, 0.05) is 0 Å². The van der Waals surface area contributed by atoms with Crippen molar-refractivity contribution in [2.24, 2.45) is 5.29 Å². The van der Waals surface area contributed by atoms with E-state index in [-0.39, 0.29) is 24.0 Å². The number of hydrogen-bond acceptors (Lipinski definition) is 6. The molecule has 2 aromatic rings. The van der Waals surface area contributed by atoms with Crippen molar-refractivity contribution >= 4 is 12.1 Å². The summed E-state index contributed by atoms with van der Waals surface area (Å²) in [6.07, 6.45) is -0.0222. The molecule has 1 amide bonds. The monoisotopic (exact) mass is 373 g/mol. The van der Waals surface area contributed by atoms with Gasteiger partial charge in [0.1, 0.15) is 11.5 Å². The van der Waals surface area contributed by atoms with Gasteiger partial charge < -0.3 is 20.3 Å². The fourth-order valence-corrected chi connectivity index (χ4v) is 2.72. The third-order valence-electron chi connectivity index (χ3n) is 4.28. The SMILES string of the molecule is COc1ccc(C[C@H](C)N(C[C@@H](O)c2ccc(O)c(NC=O)c2)N=O)cc1. The predicted octanol–water partition coefficient (Wildman–Crippen LogP) is 2.62. The lowest BCUT2D eigenvalue weighted by Gasteiger charge is -2.26. The maximum absolute atomic E-state index is 11.3. The van der Waals surface area contributed by atoms with E-state index < -0.39 is 6.10 Å². The van der Waals surface area contributed by atoms with Crippen molar-refractivity contribution in [3.63, 3.8) is 0 Å². The number of aromatic hydroxyl groups is 1. The number of anilines is 1. The van der Waals surface area contributed by atoms with Crippen molar-refractivity contribution in [1.29, 1.82) is 0 Å². The van der Waals surface area contributed by atoms with E-state index in [2.05, 4.69) is 10.6 Å². The first kappa shape index (κ1) is 20.2. The fourth-order valence-electron chi connectivity index (χ4n) is 2.72. The van der Waals surface area contributed by atoms with Gasteiger partial charge in [-0.2, -0.15) is 0 Å². The zero-order valence-corrected chi connectivity index (χ0v) is 15.2. The van der Waals surface area contributed by atoms with Gasteiger partial charge >= 0.3 is 0 Å². The minimum atomic E-state index is -1.02. The summed E-state index contributed by atoms with van der Waals surface area (Å²) in [5.74, 6) is 0.635. The molecule has 0 saturated carbocycles. The molecular weight excluding hydrogens is 350 g/mol. The highest BCUT2D eigenvalue weighted by molar-refractivity contribution is 5.75. The van der Waals surface area contributed by atoms with Crippen molar-refractivity contribution in [3.05, 3.63) is 58.5 Å². The van der Waals surface area contributed by atoms with E-state index in [1.807, 2.05) is 31.2 Å². The Bertz CT molecular complexity index is 766. The molecule has 0 saturated heterocycles. The van der Waals surface area contributed by atoms with Crippen LogP contribution < -0.4 is 10.1 Å². The lowest BCUT2D eigenvalue weighted by Crippen LogP contribution is -2.33. The lowest BCUT2D eigenvalue weighted by molar-refractivity contribution is -0.105. The quantitative estimate of drug-likeness (QED) is 0.255. The van der Waals surface area contributed by atoms with Gasteiger partial charge in [-0.3, -0.25) is 9.80 Å². The third kappa shape index (κ3) is 5.42. The summed E-state index contributed by atoms with van der Waals surface area (Å²) < 4.78 is 5.12. The normalized spacial score (nSPS) is 12.7. The summed E-state index contributed by atoms with van der Waals surface area (Å²) in [6.45, 7) is 1.82. The van der Waals surface area contributed by atoms with Crippen LogP contribution in [0.5, 0.6) is 11.5 Å². The molecule has 0 heterocycles. The Morgan fingerprint density at radius 1 is 1.26 bits per heavy atom. The second-order valence-corrected chi connectivity index (χ2v) is 6.16. The van der Waals surface area contributed by atoms with Crippen molar-refractivity contribution in [2.45, 2.75) is 25.5 Å². The zero-order valence-electron chi connectivity index (χ0n) is 15.2. The van der Waals surface area contributed by atoms with Gasteiger partial charge in [0.25, 0.3) is 0 Å². The molecule has 0 aliphatic carbocycles. The number of amides is 1. The van der Waals surface area contributed by atoms with Crippen LogP contribution in [0.1, 0.15) is 24.2 Å². The number of benzene rings is 2. The van der Waals surface area contributed by atoms with Gasteiger partial charge in [0.05, 0.1) is 36.8 Å². The minimum absolute atomic E-state index is 0.0217. The van der Waals surface area contributed by atoms with Gasteiger partial charge in [0.2, 0.25) is 6.41 Å². The summed E-state index contributed by atoms with van der Waals surface area (Å²) in [7, 11) is 1.59. The summed E-state index contributed by atoms with van der Waals surface area (Å²) in [5.41, 5.74) is 1.63. The molecule has 2 atom stereocenters. The number of nitrogens with zero attached hydrogens (tertiary/aromatic N) is 2. The Balaban J connectivity index is 2.04. The van der Waals surface area contributed by atoms with Crippen molar-refractivity contribution in [1.82, 2.24) is 5.01 Å². The minimum Gasteiger partial charge on any atom is -0.506 e. The molecule has 0 fully saturated rings. The number of ether oxygens (including phenoxy) is 1. The molecule has 8 nitrogen and oxygen atoms in total. The van der Waals surface area contributed by atoms with E-state index in [9.17, 15) is 19.9 Å². The van der Waals surface area contributed by atoms with E-state index in [1.165, 1.54) is 23.2 Å². The Morgan fingerprint density at radius 3 is 2.56 bits per heavy atom. The number of aliphatic hydroxyl groups is 1. The van der Waals surface area contributed by atoms with Crippen LogP contribution in [0.2, 0.25) is 0 Å². The van der Waals surface area contributed by atoms with Crippen LogP contribution >= 0.6 is 0 Å². The number of carbonyl (C=O) groups is 1. The first-order valence-electron chi connectivity index (χ1n) is 8.42. The van der Waals surface area contributed by atoms with Crippen LogP contribution in [0.3, 0.4) is 0 Å². The average Bonchev–Trinajstić information content (AvgIpc) is 2.68. The summed E-state index contributed by atoms with van der Waals surface area (Å²) in [4.78, 5) is 21.9. The molecule has 0 aliphatic heterocycles. The fraction of sp³-hybridized carbons (Fsp3) is 0.316. The first-order valence-corrected chi connectivity index (χ1v) is 8.42. The van der Waals surface area contributed by atoms with Gasteiger partial charge in [-0.05, 0) is 48.7 Å². The molecule has 2 aromatic carbocycles. The first-order chi connectivity index (χ1) is 13.0. The molecule has 0 aliphatic rings. The summed E-state index contributed by atoms with van der Waals surface area (Å²) >= 11 is 0. The van der Waals surface area contributed by atoms with Gasteiger partial charge in [-0.1, -0.05) is 18.2 Å². The average molecular weight is 373 g/mol. The number of phenolic OH excluding ortho intramolecular Hbond substituents is 1. The molecular formula is C19H23N3O5. The number of methoxy groups -OCH3 is 1. The number of phenols is 1. The van der Waals surface area contributed by atoms with E-state index in [0.717, 1.165) is 11.3 Å². The van der Waals surface area contributed by atoms with E-state index in [1.54, 1.807) is 7.11 Å². The number of hydrogen-bond donors (Lipinski definition) is 3. The van der Waals surface area contributed by atoms with Crippen LogP contribution in [0.25, 0.3) is 0 Å². The molecule has 0 unspecified atom stereocenters. The summed E-state index contributed by atoms with van der Waals surface area (Å²) in [6, 6.07) is 11.6. The maximum atomic E-state index is 11.3. The Hall–Kier alpha value is -3.13. The van der Waals surface area contributed by atoms with Crippen LogP contribution in [0.15, 0.2) is 47.8 Å². The van der Waals surface area contributed by atoms with E-state index in [4.69, 9.17) is 4.74 Å². The van der Waals surface area contributed by atoms with Gasteiger partial charge in [0.15, 0.2) is 0 Å². The van der Waals surface area contributed by atoms with E-state index in [0.29, 0.717) is 18.4 Å². The largest absolute Gasteiger partial charge is 0.506 e. The highest BCUT2D eigenvalue weighted by Crippen LogP contribution is 2.27. The molecule has 3 N–H and O–H groups in total. The van der Waals surface area contributed by atoms with Gasteiger partial charge in [-0.25, -0.2) is 0 Å². The highest BCUT2D eigenvalue weighted by Gasteiger charge is 2.20. The van der Waals surface area contributed by atoms with E-state index >= 15 is 0 Å². The Morgan fingerprint density at radius 2 is 1.96 bits per heavy atom. The Kier molecular flexibility index (Phi) is 7.13. The number of rotatable bonds is 10. The molecule has 8 heteroatoms. The third-order valence-corrected chi connectivity index (χ3v) is 4.28. The smallest absolute Gasteiger partial charge is 0.211 e. The van der Waals surface area contributed by atoms with Crippen LogP contribution in [-0.4, -0.2) is 41.3 Å². The highest BCUT2D eigenvalue weighted by atomic mass is 16.5. The second kappa shape index (κ2) is 9.54. The van der Waals surface area contributed by atoms with Crippen molar-refractivity contribution in [3.8, 4) is 11.5 Å². The molecule has 2 rings (SSSR count). The standard InChI is InChI=1S/C19H23N3O5/c1-13(9-14-3-6-16(27-2)7-4-14)22(21-26)11-19(25)15-5-8-18(24)17(10-15)20-12-23/h3-8,10,12-13,19,24-25H,9,11H2,1-2H3,(H,20,23)/t13-,19+/m0/s1. The number of nitrogens with one attached hydrogen (secondary N) is 1. The zero-order chi connectivity index (χ0) is 19.8. The summed E-state index contributed by atoms with van der Waals surface area (Å²) in [5, 5.41) is 26.8. The second-order valence-electron chi connectivity index (χ2n) is 6.16. The lowest BCUT2D eigenvalue weighted by atomic mass is 10.0. The molecule has 0 bridgehead atoms. The van der Waals surface area contributed by atoms with Crippen molar-refractivity contribution in [2.75, 3.05) is 19.0 Å².